The van der Waals surface area contributed by atoms with Crippen LogP contribution in [0, 0.1) is 11.3 Å². The Balaban J connectivity index is 1.65. The Morgan fingerprint density at radius 1 is 1.10 bits per heavy atom. The largest absolute Gasteiger partial charge is 0.334 e. The second-order valence-electron chi connectivity index (χ2n) is 6.17. The van der Waals surface area contributed by atoms with Gasteiger partial charge in [-0.25, -0.2) is 15.0 Å². The second-order valence-corrected chi connectivity index (χ2v) is 6.17. The van der Waals surface area contributed by atoms with Crippen LogP contribution in [-0.4, -0.2) is 41.5 Å². The summed E-state index contributed by atoms with van der Waals surface area (Å²) in [5.74, 6) is 0.506. The van der Waals surface area contributed by atoms with Crippen molar-refractivity contribution in [2.24, 2.45) is 0 Å². The normalized spacial score (nSPS) is 10.9. The van der Waals surface area contributed by atoms with Crippen LogP contribution in [-0.2, 0) is 4.79 Å². The Hall–Kier alpha value is -4.65. The molecule has 29 heavy (non-hydrogen) atoms. The zero-order valence-corrected chi connectivity index (χ0v) is 14.7. The van der Waals surface area contributed by atoms with E-state index in [-0.39, 0.29) is 0 Å². The number of rotatable bonds is 4. The summed E-state index contributed by atoms with van der Waals surface area (Å²) in [4.78, 5) is 31.0. The molecule has 0 aromatic carbocycles. The number of hydrogen-bond acceptors (Lipinski definition) is 7. The first kappa shape index (κ1) is 16.5. The molecule has 138 valence electrons. The molecular weight excluding hydrogens is 370 g/mol. The zero-order chi connectivity index (χ0) is 19.8. The van der Waals surface area contributed by atoms with Gasteiger partial charge in [0.1, 0.15) is 17.3 Å². The first-order valence-corrected chi connectivity index (χ1v) is 8.52. The number of hydrogen-bond donors (Lipinski definition) is 3. The van der Waals surface area contributed by atoms with Crippen molar-refractivity contribution in [3.8, 4) is 28.7 Å². The van der Waals surface area contributed by atoms with Gasteiger partial charge >= 0.3 is 0 Å². The van der Waals surface area contributed by atoms with Crippen molar-refractivity contribution in [1.82, 2.24) is 35.1 Å². The molecule has 5 aromatic rings. The molecule has 5 aromatic heterocycles. The fourth-order valence-corrected chi connectivity index (χ4v) is 3.11. The summed E-state index contributed by atoms with van der Waals surface area (Å²) in [5, 5.41) is 19.8. The zero-order valence-electron chi connectivity index (χ0n) is 14.7. The molecule has 1 amide bonds. The summed E-state index contributed by atoms with van der Waals surface area (Å²) < 4.78 is 0. The minimum atomic E-state index is 0.447. The van der Waals surface area contributed by atoms with E-state index in [1.807, 2.05) is 6.07 Å². The van der Waals surface area contributed by atoms with Crippen LogP contribution >= 0.6 is 0 Å². The standard InChI is InChI=1S/C19H11N9O/c20-5-10-1-2-22-18-15(10)25-19(26-18)16-14-4-12(7-23-17(14)28-27-16)11-3-13(24-9-29)8-21-6-11/h1-4,6-9H,(H,24,29)(H,22,25,26)(H,23,27,28). The fraction of sp³-hybridized carbons (Fsp3) is 0. The highest BCUT2D eigenvalue weighted by Gasteiger charge is 2.16. The number of fused-ring (bicyclic) bond motifs is 2. The van der Waals surface area contributed by atoms with Gasteiger partial charge in [0, 0.05) is 29.7 Å². The number of imidazole rings is 1. The van der Waals surface area contributed by atoms with Crippen LogP contribution in [0.2, 0.25) is 0 Å². The van der Waals surface area contributed by atoms with Gasteiger partial charge in [-0.1, -0.05) is 0 Å². The topological polar surface area (TPSA) is 149 Å². The van der Waals surface area contributed by atoms with Crippen molar-refractivity contribution < 1.29 is 4.79 Å². The molecule has 0 aliphatic carbocycles. The fourth-order valence-electron chi connectivity index (χ4n) is 3.11. The number of aromatic nitrogens is 7. The highest BCUT2D eigenvalue weighted by Crippen LogP contribution is 2.29. The molecular formula is C19H11N9O. The molecule has 0 fully saturated rings. The van der Waals surface area contributed by atoms with Crippen LogP contribution < -0.4 is 5.32 Å². The molecule has 0 saturated carbocycles. The first-order chi connectivity index (χ1) is 14.3. The third-order valence-corrected chi connectivity index (χ3v) is 4.46. The average molecular weight is 381 g/mol. The van der Waals surface area contributed by atoms with Crippen molar-refractivity contribution >= 4 is 34.3 Å². The Morgan fingerprint density at radius 2 is 2.00 bits per heavy atom. The first-order valence-electron chi connectivity index (χ1n) is 8.52. The number of aromatic amines is 2. The van der Waals surface area contributed by atoms with Crippen LogP contribution in [0.4, 0.5) is 5.69 Å². The molecule has 0 unspecified atom stereocenters. The highest BCUT2D eigenvalue weighted by molar-refractivity contribution is 5.93. The van der Waals surface area contributed by atoms with E-state index in [4.69, 9.17) is 0 Å². The summed E-state index contributed by atoms with van der Waals surface area (Å²) in [6.07, 6.45) is 7.07. The number of nitrogens with zero attached hydrogens (tertiary/aromatic N) is 6. The SMILES string of the molecule is N#Cc1ccnc2nc(-c3[nH]nc4ncc(-c5cncc(NC=O)c5)cc34)[nH]c12. The maximum atomic E-state index is 10.7. The van der Waals surface area contributed by atoms with Gasteiger partial charge in [0.05, 0.1) is 22.8 Å². The number of amides is 1. The molecule has 0 atom stereocenters. The number of nitriles is 1. The van der Waals surface area contributed by atoms with Gasteiger partial charge in [-0.15, -0.1) is 0 Å². The van der Waals surface area contributed by atoms with Crippen LogP contribution in [0.3, 0.4) is 0 Å². The summed E-state index contributed by atoms with van der Waals surface area (Å²) in [6.45, 7) is 0. The molecule has 0 bridgehead atoms. The van der Waals surface area contributed by atoms with Crippen LogP contribution in [0.15, 0.2) is 43.0 Å². The summed E-state index contributed by atoms with van der Waals surface area (Å²) in [7, 11) is 0. The molecule has 3 N–H and O–H groups in total. The third-order valence-electron chi connectivity index (χ3n) is 4.46. The van der Waals surface area contributed by atoms with Gasteiger partial charge in [0.2, 0.25) is 6.41 Å². The Bertz CT molecular complexity index is 1430. The van der Waals surface area contributed by atoms with Gasteiger partial charge in [0.25, 0.3) is 0 Å². The maximum absolute atomic E-state index is 10.7. The lowest BCUT2D eigenvalue weighted by molar-refractivity contribution is -0.105. The van der Waals surface area contributed by atoms with E-state index in [9.17, 15) is 10.1 Å². The number of carbonyl (C=O) groups excluding carboxylic acids is 1. The van der Waals surface area contributed by atoms with Gasteiger partial charge in [-0.05, 0) is 18.2 Å². The van der Waals surface area contributed by atoms with Gasteiger partial charge in [0.15, 0.2) is 17.1 Å². The quantitative estimate of drug-likeness (QED) is 0.405. The van der Waals surface area contributed by atoms with E-state index in [1.54, 1.807) is 36.9 Å². The van der Waals surface area contributed by atoms with E-state index in [0.29, 0.717) is 46.0 Å². The number of pyridine rings is 3. The number of anilines is 1. The molecule has 5 heterocycles. The molecule has 0 radical (unpaired) electrons. The minimum absolute atomic E-state index is 0.447. The van der Waals surface area contributed by atoms with E-state index >= 15 is 0 Å². The average Bonchev–Trinajstić information content (AvgIpc) is 3.37. The second kappa shape index (κ2) is 6.50. The number of H-pyrrole nitrogens is 2. The van der Waals surface area contributed by atoms with Crippen LogP contribution in [0.25, 0.3) is 44.8 Å². The lowest BCUT2D eigenvalue weighted by atomic mass is 10.1. The smallest absolute Gasteiger partial charge is 0.211 e. The highest BCUT2D eigenvalue weighted by atomic mass is 16.1. The molecule has 0 aliphatic rings. The monoisotopic (exact) mass is 381 g/mol. The van der Waals surface area contributed by atoms with Crippen LogP contribution in [0.1, 0.15) is 5.56 Å². The summed E-state index contributed by atoms with van der Waals surface area (Å²) in [5.41, 5.74) is 4.79. The predicted molar refractivity (Wildman–Crippen MR) is 104 cm³/mol. The van der Waals surface area contributed by atoms with Crippen LogP contribution in [0.5, 0.6) is 0 Å². The Morgan fingerprint density at radius 3 is 2.86 bits per heavy atom. The molecule has 0 saturated heterocycles. The summed E-state index contributed by atoms with van der Waals surface area (Å²) in [6, 6.07) is 7.46. The Kier molecular flexibility index (Phi) is 3.70. The lowest BCUT2D eigenvalue weighted by Crippen LogP contribution is -1.94. The molecule has 0 aliphatic heterocycles. The molecule has 10 heteroatoms. The van der Waals surface area contributed by atoms with E-state index in [1.165, 1.54) is 0 Å². The minimum Gasteiger partial charge on any atom is -0.334 e. The van der Waals surface area contributed by atoms with Crippen molar-refractivity contribution in [2.75, 3.05) is 5.32 Å². The van der Waals surface area contributed by atoms with Crippen molar-refractivity contribution in [3.63, 3.8) is 0 Å². The van der Waals surface area contributed by atoms with E-state index in [0.717, 1.165) is 16.5 Å². The van der Waals surface area contributed by atoms with E-state index < -0.39 is 0 Å². The van der Waals surface area contributed by atoms with E-state index in [2.05, 4.69) is 46.5 Å². The molecule has 5 rings (SSSR count). The molecule has 0 spiro atoms. The Labute approximate surface area is 162 Å². The van der Waals surface area contributed by atoms with Gasteiger partial charge < -0.3 is 10.3 Å². The van der Waals surface area contributed by atoms with Gasteiger partial charge in [-0.2, -0.15) is 10.4 Å². The molecule has 10 nitrogen and oxygen atoms in total. The summed E-state index contributed by atoms with van der Waals surface area (Å²) >= 11 is 0. The number of nitrogens with one attached hydrogen (secondary N) is 3. The van der Waals surface area contributed by atoms with Crippen molar-refractivity contribution in [1.29, 1.82) is 5.26 Å². The predicted octanol–water partition coefficient (Wildman–Crippen LogP) is 2.40. The number of carbonyl (C=O) groups is 1. The third kappa shape index (κ3) is 2.74. The van der Waals surface area contributed by atoms with Crippen molar-refractivity contribution in [2.45, 2.75) is 0 Å². The van der Waals surface area contributed by atoms with Gasteiger partial charge in [-0.3, -0.25) is 14.9 Å². The maximum Gasteiger partial charge on any atom is 0.211 e. The van der Waals surface area contributed by atoms with Crippen molar-refractivity contribution in [3.05, 3.63) is 48.5 Å². The lowest BCUT2D eigenvalue weighted by Gasteiger charge is -2.04.